The van der Waals surface area contributed by atoms with Crippen LogP contribution >= 0.6 is 27.5 Å². The van der Waals surface area contributed by atoms with E-state index >= 15 is 0 Å². The maximum atomic E-state index is 6.08. The van der Waals surface area contributed by atoms with Crippen molar-refractivity contribution in [3.05, 3.63) is 65.1 Å². The molecular weight excluding hydrogens is 346 g/mol. The highest BCUT2D eigenvalue weighted by Crippen LogP contribution is 2.39. The summed E-state index contributed by atoms with van der Waals surface area (Å²) >= 11 is 5.03. The molecule has 1 heterocycles. The van der Waals surface area contributed by atoms with Gasteiger partial charge in [0.05, 0.1) is 15.4 Å². The molecule has 102 valence electrons. The van der Waals surface area contributed by atoms with E-state index in [2.05, 4.69) is 38.5 Å². The lowest BCUT2D eigenvalue weighted by Gasteiger charge is -2.08. The molecule has 4 rings (SSSR count). The second-order valence-electron chi connectivity index (χ2n) is 4.69. The first-order valence-corrected chi connectivity index (χ1v) is 8.09. The van der Waals surface area contributed by atoms with Crippen molar-refractivity contribution in [1.29, 1.82) is 0 Å². The van der Waals surface area contributed by atoms with Gasteiger partial charge in [-0.05, 0) is 44.9 Å². The van der Waals surface area contributed by atoms with Gasteiger partial charge in [0.1, 0.15) is 5.75 Å². The number of fused-ring (bicyclic) bond motifs is 2. The Morgan fingerprint density at radius 2 is 1.62 bits per heavy atom. The lowest BCUT2D eigenvalue weighted by Crippen LogP contribution is -1.85. The Kier molecular flexibility index (Phi) is 3.13. The monoisotopic (exact) mass is 355 g/mol. The second kappa shape index (κ2) is 5.13. The minimum atomic E-state index is 0.808. The topological polar surface area (TPSA) is 22.1 Å². The molecule has 4 heteroatoms. The number of aromatic nitrogens is 1. The van der Waals surface area contributed by atoms with Gasteiger partial charge in [-0.25, -0.2) is 0 Å². The highest BCUT2D eigenvalue weighted by molar-refractivity contribution is 9.10. The van der Waals surface area contributed by atoms with E-state index in [9.17, 15) is 0 Å². The molecule has 0 saturated carbocycles. The third-order valence-electron chi connectivity index (χ3n) is 3.38. The fraction of sp³-hybridized carbons (Fsp3) is 0. The van der Waals surface area contributed by atoms with Gasteiger partial charge in [-0.2, -0.15) is 4.37 Å². The number of rotatable bonds is 2. The van der Waals surface area contributed by atoms with Gasteiger partial charge in [0.2, 0.25) is 5.06 Å². The number of benzene rings is 3. The molecule has 0 N–H and O–H groups in total. The first-order valence-electron chi connectivity index (χ1n) is 6.52. The SMILES string of the molecule is Brc1c(Oc2snc3ccccc23)ccc2ccccc12. The Labute approximate surface area is 134 Å². The standard InChI is InChI=1S/C17H10BrNOS/c18-16-12-6-2-1-5-11(12)9-10-15(16)20-17-13-7-3-4-8-14(13)19-21-17/h1-10H. The summed E-state index contributed by atoms with van der Waals surface area (Å²) in [6, 6.07) is 20.3. The average molecular weight is 356 g/mol. The summed E-state index contributed by atoms with van der Waals surface area (Å²) in [4.78, 5) is 0. The molecule has 0 aliphatic rings. The van der Waals surface area contributed by atoms with Crippen LogP contribution < -0.4 is 4.74 Å². The van der Waals surface area contributed by atoms with E-state index in [-0.39, 0.29) is 0 Å². The van der Waals surface area contributed by atoms with E-state index in [1.165, 1.54) is 16.9 Å². The fourth-order valence-corrected chi connectivity index (χ4v) is 3.64. The summed E-state index contributed by atoms with van der Waals surface area (Å²) < 4.78 is 11.5. The lowest BCUT2D eigenvalue weighted by atomic mass is 10.1. The number of hydrogen-bond acceptors (Lipinski definition) is 3. The Morgan fingerprint density at radius 3 is 2.52 bits per heavy atom. The van der Waals surface area contributed by atoms with E-state index in [4.69, 9.17) is 4.74 Å². The molecule has 0 saturated heterocycles. The van der Waals surface area contributed by atoms with Crippen LogP contribution in [-0.2, 0) is 0 Å². The van der Waals surface area contributed by atoms with Crippen molar-refractivity contribution in [3.8, 4) is 10.8 Å². The third kappa shape index (κ3) is 2.20. The van der Waals surface area contributed by atoms with E-state index in [1.54, 1.807) is 0 Å². The van der Waals surface area contributed by atoms with Crippen LogP contribution in [0.3, 0.4) is 0 Å². The molecule has 0 aliphatic heterocycles. The van der Waals surface area contributed by atoms with Crippen LogP contribution in [0, 0.1) is 0 Å². The molecule has 0 fully saturated rings. The van der Waals surface area contributed by atoms with Gasteiger partial charge in [-0.15, -0.1) is 0 Å². The van der Waals surface area contributed by atoms with Gasteiger partial charge < -0.3 is 4.74 Å². The molecule has 0 radical (unpaired) electrons. The summed E-state index contributed by atoms with van der Waals surface area (Å²) in [5.41, 5.74) is 0.967. The fourth-order valence-electron chi connectivity index (χ4n) is 2.33. The zero-order valence-corrected chi connectivity index (χ0v) is 13.3. The summed E-state index contributed by atoms with van der Waals surface area (Å²) in [5.74, 6) is 0.808. The molecule has 2 nitrogen and oxygen atoms in total. The van der Waals surface area contributed by atoms with Crippen LogP contribution in [0.1, 0.15) is 0 Å². The quantitative estimate of drug-likeness (QED) is 0.439. The van der Waals surface area contributed by atoms with Crippen LogP contribution in [0.25, 0.3) is 21.7 Å². The third-order valence-corrected chi connectivity index (χ3v) is 4.96. The maximum Gasteiger partial charge on any atom is 0.207 e. The summed E-state index contributed by atoms with van der Waals surface area (Å²) in [6.45, 7) is 0. The van der Waals surface area contributed by atoms with Crippen LogP contribution in [0.4, 0.5) is 0 Å². The van der Waals surface area contributed by atoms with E-state index in [0.29, 0.717) is 0 Å². The highest BCUT2D eigenvalue weighted by Gasteiger charge is 2.11. The number of hydrogen-bond donors (Lipinski definition) is 0. The van der Waals surface area contributed by atoms with Crippen molar-refractivity contribution in [2.24, 2.45) is 0 Å². The van der Waals surface area contributed by atoms with Crippen molar-refractivity contribution in [1.82, 2.24) is 4.37 Å². The van der Waals surface area contributed by atoms with Gasteiger partial charge in [-0.1, -0.05) is 42.5 Å². The maximum absolute atomic E-state index is 6.08. The molecule has 0 amide bonds. The Bertz CT molecular complexity index is 948. The highest BCUT2D eigenvalue weighted by atomic mass is 79.9. The summed E-state index contributed by atoms with van der Waals surface area (Å²) in [6.07, 6.45) is 0. The van der Waals surface area contributed by atoms with Gasteiger partial charge in [0.25, 0.3) is 0 Å². The summed E-state index contributed by atoms with van der Waals surface area (Å²) in [7, 11) is 0. The molecular formula is C17H10BrNOS. The van der Waals surface area contributed by atoms with Gasteiger partial charge in [0, 0.05) is 11.5 Å². The average Bonchev–Trinajstić information content (AvgIpc) is 2.94. The zero-order chi connectivity index (χ0) is 14.2. The van der Waals surface area contributed by atoms with E-state index in [1.807, 2.05) is 42.5 Å². The number of nitrogens with zero attached hydrogens (tertiary/aromatic N) is 1. The molecule has 1 aromatic heterocycles. The number of ether oxygens (including phenoxy) is 1. The lowest BCUT2D eigenvalue weighted by molar-refractivity contribution is 0.499. The van der Waals surface area contributed by atoms with Crippen molar-refractivity contribution in [2.45, 2.75) is 0 Å². The summed E-state index contributed by atoms with van der Waals surface area (Å²) in [5, 5.41) is 4.19. The smallest absolute Gasteiger partial charge is 0.207 e. The van der Waals surface area contributed by atoms with Gasteiger partial charge >= 0.3 is 0 Å². The molecule has 21 heavy (non-hydrogen) atoms. The molecule has 0 aliphatic carbocycles. The Hall–Kier alpha value is -1.91. The van der Waals surface area contributed by atoms with Crippen LogP contribution in [-0.4, -0.2) is 4.37 Å². The first-order chi connectivity index (χ1) is 10.3. The first kappa shape index (κ1) is 12.8. The molecule has 3 aromatic carbocycles. The normalized spacial score (nSPS) is 11.1. The predicted molar refractivity (Wildman–Crippen MR) is 91.3 cm³/mol. The molecule has 0 bridgehead atoms. The molecule has 0 atom stereocenters. The minimum Gasteiger partial charge on any atom is -0.443 e. The van der Waals surface area contributed by atoms with E-state index < -0.39 is 0 Å². The van der Waals surface area contributed by atoms with Gasteiger partial charge in [0.15, 0.2) is 0 Å². The predicted octanol–water partition coefficient (Wildman–Crippen LogP) is 6.00. The number of halogens is 1. The van der Waals surface area contributed by atoms with Crippen molar-refractivity contribution in [3.63, 3.8) is 0 Å². The second-order valence-corrected chi connectivity index (χ2v) is 6.22. The van der Waals surface area contributed by atoms with E-state index in [0.717, 1.165) is 31.6 Å². The largest absolute Gasteiger partial charge is 0.443 e. The van der Waals surface area contributed by atoms with Crippen molar-refractivity contribution in [2.75, 3.05) is 0 Å². The van der Waals surface area contributed by atoms with Crippen molar-refractivity contribution < 1.29 is 4.74 Å². The minimum absolute atomic E-state index is 0.808. The zero-order valence-electron chi connectivity index (χ0n) is 10.9. The Balaban J connectivity index is 1.82. The molecule has 0 spiro atoms. The van der Waals surface area contributed by atoms with Crippen molar-refractivity contribution >= 4 is 49.1 Å². The Morgan fingerprint density at radius 1 is 0.857 bits per heavy atom. The van der Waals surface area contributed by atoms with Gasteiger partial charge in [-0.3, -0.25) is 0 Å². The molecule has 0 unspecified atom stereocenters. The van der Waals surface area contributed by atoms with Crippen LogP contribution in [0.2, 0.25) is 0 Å². The van der Waals surface area contributed by atoms with Crippen LogP contribution in [0.15, 0.2) is 65.1 Å². The molecule has 4 aromatic rings. The van der Waals surface area contributed by atoms with Crippen LogP contribution in [0.5, 0.6) is 10.8 Å².